The van der Waals surface area contributed by atoms with Gasteiger partial charge in [0.2, 0.25) is 0 Å². The largest absolute Gasteiger partial charge is 0.476 e. The molecule has 1 N–H and O–H groups in total. The van der Waals surface area contributed by atoms with Crippen molar-refractivity contribution in [1.29, 1.82) is 0 Å². The molecule has 3 aromatic rings. The Hall–Kier alpha value is -2.63. The summed E-state index contributed by atoms with van der Waals surface area (Å²) >= 11 is 0. The van der Waals surface area contributed by atoms with E-state index in [1.807, 2.05) is 32.2 Å². The molecule has 0 unspecified atom stereocenters. The minimum atomic E-state index is -1.10. The van der Waals surface area contributed by atoms with Crippen LogP contribution in [0, 0.1) is 6.92 Å². The highest BCUT2D eigenvalue weighted by Gasteiger charge is 2.13. The quantitative estimate of drug-likeness (QED) is 0.761. The first-order valence-corrected chi connectivity index (χ1v) is 5.70. The van der Waals surface area contributed by atoms with Crippen LogP contribution in [0.4, 0.5) is 0 Å². The molecule has 0 atom stereocenters. The average molecular weight is 257 g/mol. The van der Waals surface area contributed by atoms with Crippen molar-refractivity contribution in [3.05, 3.63) is 35.7 Å². The van der Waals surface area contributed by atoms with Crippen LogP contribution >= 0.6 is 0 Å². The highest BCUT2D eigenvalue weighted by Crippen LogP contribution is 2.26. The zero-order chi connectivity index (χ0) is 13.6. The van der Waals surface area contributed by atoms with Crippen molar-refractivity contribution in [2.75, 3.05) is 0 Å². The normalized spacial score (nSPS) is 11.1. The lowest BCUT2D eigenvalue weighted by Gasteiger charge is -1.98. The van der Waals surface area contributed by atoms with Crippen molar-refractivity contribution in [2.24, 2.45) is 7.05 Å². The third-order valence-corrected chi connectivity index (χ3v) is 3.05. The Bertz CT molecular complexity index is 786. The third kappa shape index (κ3) is 1.77. The maximum absolute atomic E-state index is 10.8. The smallest absolute Gasteiger partial charge is 0.358 e. The van der Waals surface area contributed by atoms with E-state index in [9.17, 15) is 4.79 Å². The van der Waals surface area contributed by atoms with Crippen LogP contribution in [0.25, 0.3) is 22.2 Å². The molecule has 1 aromatic carbocycles. The van der Waals surface area contributed by atoms with Gasteiger partial charge in [-0.1, -0.05) is 17.3 Å². The zero-order valence-corrected chi connectivity index (χ0v) is 10.4. The van der Waals surface area contributed by atoms with E-state index in [2.05, 4.69) is 10.3 Å². The Kier molecular flexibility index (Phi) is 2.38. The van der Waals surface area contributed by atoms with E-state index in [-0.39, 0.29) is 5.69 Å². The molecule has 2 aromatic heterocycles. The molecule has 0 aliphatic rings. The Morgan fingerprint density at radius 1 is 1.37 bits per heavy atom. The van der Waals surface area contributed by atoms with Crippen LogP contribution in [0.1, 0.15) is 16.2 Å². The van der Waals surface area contributed by atoms with Crippen molar-refractivity contribution < 1.29 is 14.4 Å². The van der Waals surface area contributed by atoms with Gasteiger partial charge in [-0.25, -0.2) is 4.79 Å². The summed E-state index contributed by atoms with van der Waals surface area (Å²) in [5.41, 5.74) is 2.59. The summed E-state index contributed by atoms with van der Waals surface area (Å²) in [4.78, 5) is 10.8. The molecule has 0 amide bonds. The number of aromatic nitrogens is 3. The Morgan fingerprint density at radius 3 is 2.84 bits per heavy atom. The topological polar surface area (TPSA) is 81.2 Å². The monoisotopic (exact) mass is 257 g/mol. The number of nitrogens with zero attached hydrogens (tertiary/aromatic N) is 3. The van der Waals surface area contributed by atoms with Crippen molar-refractivity contribution in [1.82, 2.24) is 14.9 Å². The van der Waals surface area contributed by atoms with Crippen molar-refractivity contribution in [3.63, 3.8) is 0 Å². The molecule has 6 nitrogen and oxygen atoms in total. The number of aromatic carboxylic acids is 1. The van der Waals surface area contributed by atoms with Gasteiger partial charge in [0.05, 0.1) is 11.2 Å². The Morgan fingerprint density at radius 2 is 2.16 bits per heavy atom. The highest BCUT2D eigenvalue weighted by molar-refractivity contribution is 5.88. The molecular weight excluding hydrogens is 246 g/mol. The summed E-state index contributed by atoms with van der Waals surface area (Å²) < 4.78 is 6.83. The van der Waals surface area contributed by atoms with Gasteiger partial charge < -0.3 is 9.63 Å². The van der Waals surface area contributed by atoms with E-state index in [1.165, 1.54) is 6.07 Å². The number of rotatable bonds is 2. The lowest BCUT2D eigenvalue weighted by molar-refractivity contribution is 0.0686. The summed E-state index contributed by atoms with van der Waals surface area (Å²) in [5.74, 6) is -0.675. The first kappa shape index (κ1) is 11.5. The molecule has 0 saturated heterocycles. The number of benzene rings is 1. The predicted molar refractivity (Wildman–Crippen MR) is 67.9 cm³/mol. The summed E-state index contributed by atoms with van der Waals surface area (Å²) in [6, 6.07) is 7.12. The molecule has 0 bridgehead atoms. The number of carboxylic acids is 1. The fourth-order valence-electron chi connectivity index (χ4n) is 2.10. The second-order valence-corrected chi connectivity index (χ2v) is 4.32. The molecule has 0 saturated carbocycles. The van der Waals surface area contributed by atoms with Gasteiger partial charge in [0.25, 0.3) is 0 Å². The minimum Gasteiger partial charge on any atom is -0.476 e. The van der Waals surface area contributed by atoms with Crippen LogP contribution in [0.2, 0.25) is 0 Å². The van der Waals surface area contributed by atoms with Crippen molar-refractivity contribution in [2.45, 2.75) is 6.92 Å². The van der Waals surface area contributed by atoms with E-state index >= 15 is 0 Å². The Balaban J connectivity index is 2.14. The SMILES string of the molecule is Cc1nn(C)c2cc(-c3cc(C(=O)O)no3)ccc12. The minimum absolute atomic E-state index is 0.101. The van der Waals surface area contributed by atoms with Gasteiger partial charge in [0.15, 0.2) is 11.5 Å². The molecular formula is C13H11N3O3. The van der Waals surface area contributed by atoms with Gasteiger partial charge in [-0.2, -0.15) is 5.10 Å². The Labute approximate surface area is 108 Å². The van der Waals surface area contributed by atoms with Gasteiger partial charge in [0, 0.05) is 24.1 Å². The maximum Gasteiger partial charge on any atom is 0.358 e. The summed E-state index contributed by atoms with van der Waals surface area (Å²) in [6.45, 7) is 1.94. The lowest BCUT2D eigenvalue weighted by atomic mass is 10.1. The molecule has 19 heavy (non-hydrogen) atoms. The molecule has 0 fully saturated rings. The number of carbonyl (C=O) groups is 1. The molecule has 0 aliphatic carbocycles. The fourth-order valence-corrected chi connectivity index (χ4v) is 2.10. The number of hydrogen-bond acceptors (Lipinski definition) is 4. The number of fused-ring (bicyclic) bond motifs is 1. The second-order valence-electron chi connectivity index (χ2n) is 4.32. The fraction of sp³-hybridized carbons (Fsp3) is 0.154. The third-order valence-electron chi connectivity index (χ3n) is 3.05. The van der Waals surface area contributed by atoms with Crippen LogP contribution in [0.3, 0.4) is 0 Å². The molecule has 2 heterocycles. The summed E-state index contributed by atoms with van der Waals surface area (Å²) in [6.07, 6.45) is 0. The van der Waals surface area contributed by atoms with Gasteiger partial charge in [-0.05, 0) is 13.0 Å². The first-order valence-electron chi connectivity index (χ1n) is 5.70. The molecule has 0 aliphatic heterocycles. The van der Waals surface area contributed by atoms with Crippen LogP contribution in [0.15, 0.2) is 28.8 Å². The van der Waals surface area contributed by atoms with Gasteiger partial charge in [-0.15, -0.1) is 0 Å². The molecule has 6 heteroatoms. The van der Waals surface area contributed by atoms with Crippen LogP contribution < -0.4 is 0 Å². The number of carboxylic acid groups (broad SMARTS) is 1. The number of aryl methyl sites for hydroxylation is 2. The lowest BCUT2D eigenvalue weighted by Crippen LogP contribution is -1.94. The molecule has 3 rings (SSSR count). The predicted octanol–water partition coefficient (Wildman–Crippen LogP) is 2.23. The van der Waals surface area contributed by atoms with E-state index in [1.54, 1.807) is 4.68 Å². The average Bonchev–Trinajstić information content (AvgIpc) is 2.96. The molecule has 0 radical (unpaired) electrons. The second kappa shape index (κ2) is 3.94. The summed E-state index contributed by atoms with van der Waals surface area (Å²) in [5, 5.41) is 17.7. The first-order chi connectivity index (χ1) is 9.06. The van der Waals surface area contributed by atoms with E-state index in [4.69, 9.17) is 9.63 Å². The molecule has 96 valence electrons. The van der Waals surface area contributed by atoms with Gasteiger partial charge >= 0.3 is 5.97 Å². The van der Waals surface area contributed by atoms with E-state index in [0.717, 1.165) is 22.2 Å². The maximum atomic E-state index is 10.8. The van der Waals surface area contributed by atoms with Crippen LogP contribution in [0.5, 0.6) is 0 Å². The highest BCUT2D eigenvalue weighted by atomic mass is 16.5. The zero-order valence-electron chi connectivity index (χ0n) is 10.4. The molecule has 0 spiro atoms. The van der Waals surface area contributed by atoms with Crippen LogP contribution in [-0.4, -0.2) is 26.0 Å². The van der Waals surface area contributed by atoms with Crippen LogP contribution in [-0.2, 0) is 7.05 Å². The number of hydrogen-bond donors (Lipinski definition) is 1. The standard InChI is InChI=1S/C13H11N3O3/c1-7-9-4-3-8(5-11(9)16(2)14-7)12-6-10(13(17)18)15-19-12/h3-6H,1-2H3,(H,17,18). The van der Waals surface area contributed by atoms with Crippen molar-refractivity contribution in [3.8, 4) is 11.3 Å². The van der Waals surface area contributed by atoms with Crippen molar-refractivity contribution >= 4 is 16.9 Å². The summed E-state index contributed by atoms with van der Waals surface area (Å²) in [7, 11) is 1.86. The van der Waals surface area contributed by atoms with Gasteiger partial charge in [-0.3, -0.25) is 4.68 Å². The van der Waals surface area contributed by atoms with E-state index in [0.29, 0.717) is 5.76 Å². The van der Waals surface area contributed by atoms with E-state index < -0.39 is 5.97 Å². The van der Waals surface area contributed by atoms with Gasteiger partial charge in [0.1, 0.15) is 0 Å².